The molecule has 2 aliphatic heterocycles. The minimum atomic E-state index is -0.269. The second kappa shape index (κ2) is 13.1. The molecule has 0 saturated carbocycles. The second-order valence-corrected chi connectivity index (χ2v) is 17.3. The Morgan fingerprint density at radius 1 is 0.452 bits per heavy atom. The van der Waals surface area contributed by atoms with Crippen molar-refractivity contribution < 1.29 is 4.74 Å². The minimum absolute atomic E-state index is 0.0461. The van der Waals surface area contributed by atoms with Crippen LogP contribution in [-0.4, -0.2) is 11.3 Å². The molecule has 0 amide bonds. The van der Waals surface area contributed by atoms with Crippen molar-refractivity contribution >= 4 is 79.0 Å². The number of para-hydroxylation sites is 5. The molecule has 292 valence electrons. The van der Waals surface area contributed by atoms with E-state index in [-0.39, 0.29) is 12.1 Å². The van der Waals surface area contributed by atoms with Crippen LogP contribution in [0.5, 0.6) is 11.5 Å². The third-order valence-corrected chi connectivity index (χ3v) is 13.6. The van der Waals surface area contributed by atoms with E-state index in [9.17, 15) is 0 Å². The van der Waals surface area contributed by atoms with Gasteiger partial charge in [-0.2, -0.15) is 0 Å². The van der Waals surface area contributed by atoms with Crippen LogP contribution in [0.3, 0.4) is 0 Å². The standard InChI is InChI=1S/C57H40BN3O/c1-57(2)46-32-41(59(37-18-7-3-8-19-37)38-20-9-4-10-21-38)30-31-42(46)44-34-55-49(35-47(44)57)58-48-33-45-43-26-15-16-27-50(43)60(39-22-11-5-12-23-39)52(45)36-53(48)61(40-24-13-6-14-25-40)51-28-17-29-54(62-55)56(51)58/h3-36H,1-2H3. The molecule has 0 atom stereocenters. The Bertz CT molecular complexity index is 3380. The maximum atomic E-state index is 7.09. The SMILES string of the molecule is CC1(C)c2cc(N(c3ccccc3)c3ccccc3)ccc2-c2cc3c(cc21)B1c2cc4c5ccccc5n(-c5ccccc5)c4cc2N(c2ccccc2)c2cccc(c21)O3. The molecule has 0 radical (unpaired) electrons. The van der Waals surface area contributed by atoms with Crippen LogP contribution in [0.1, 0.15) is 25.0 Å². The zero-order valence-corrected chi connectivity index (χ0v) is 34.5. The summed E-state index contributed by atoms with van der Waals surface area (Å²) in [7, 11) is 0. The quantitative estimate of drug-likeness (QED) is 0.162. The van der Waals surface area contributed by atoms with E-state index in [2.05, 4.69) is 234 Å². The molecular formula is C57H40BN3O. The van der Waals surface area contributed by atoms with E-state index >= 15 is 0 Å². The van der Waals surface area contributed by atoms with E-state index in [1.165, 1.54) is 66.1 Å². The van der Waals surface area contributed by atoms with Crippen molar-refractivity contribution in [3.8, 4) is 28.3 Å². The van der Waals surface area contributed by atoms with Crippen molar-refractivity contribution in [1.29, 1.82) is 0 Å². The van der Waals surface area contributed by atoms with Crippen molar-refractivity contribution in [1.82, 2.24) is 4.57 Å². The van der Waals surface area contributed by atoms with Gasteiger partial charge in [-0.1, -0.05) is 129 Å². The molecule has 5 heteroatoms. The van der Waals surface area contributed by atoms with Crippen LogP contribution >= 0.6 is 0 Å². The highest BCUT2D eigenvalue weighted by Gasteiger charge is 2.45. The van der Waals surface area contributed by atoms with Crippen molar-refractivity contribution in [3.05, 3.63) is 217 Å². The first-order chi connectivity index (χ1) is 30.5. The van der Waals surface area contributed by atoms with Crippen molar-refractivity contribution in [2.75, 3.05) is 9.80 Å². The van der Waals surface area contributed by atoms with Gasteiger partial charge in [-0.05, 0) is 130 Å². The molecule has 10 aromatic rings. The van der Waals surface area contributed by atoms with E-state index in [1.54, 1.807) is 0 Å². The van der Waals surface area contributed by atoms with Gasteiger partial charge in [-0.3, -0.25) is 0 Å². The fourth-order valence-electron chi connectivity index (χ4n) is 10.8. The molecule has 0 unspecified atom stereocenters. The molecule has 3 aliphatic rings. The van der Waals surface area contributed by atoms with Crippen molar-refractivity contribution in [3.63, 3.8) is 0 Å². The Morgan fingerprint density at radius 2 is 1.10 bits per heavy atom. The molecule has 1 aliphatic carbocycles. The summed E-state index contributed by atoms with van der Waals surface area (Å²) in [5.41, 5.74) is 18.9. The van der Waals surface area contributed by atoms with Crippen LogP contribution in [-0.2, 0) is 5.41 Å². The monoisotopic (exact) mass is 793 g/mol. The van der Waals surface area contributed by atoms with E-state index < -0.39 is 0 Å². The van der Waals surface area contributed by atoms with E-state index in [0.717, 1.165) is 45.6 Å². The molecule has 0 bridgehead atoms. The fourth-order valence-corrected chi connectivity index (χ4v) is 10.8. The summed E-state index contributed by atoms with van der Waals surface area (Å²) in [6, 6.07) is 75.1. The number of anilines is 6. The molecule has 9 aromatic carbocycles. The Morgan fingerprint density at radius 3 is 1.82 bits per heavy atom. The molecule has 0 fully saturated rings. The number of hydrogen-bond acceptors (Lipinski definition) is 3. The highest BCUT2D eigenvalue weighted by atomic mass is 16.5. The van der Waals surface area contributed by atoms with Gasteiger partial charge in [-0.25, -0.2) is 0 Å². The van der Waals surface area contributed by atoms with Crippen LogP contribution in [0.15, 0.2) is 206 Å². The molecule has 0 N–H and O–H groups in total. The molecule has 4 nitrogen and oxygen atoms in total. The summed E-state index contributed by atoms with van der Waals surface area (Å²) in [5.74, 6) is 1.83. The maximum absolute atomic E-state index is 7.09. The highest BCUT2D eigenvalue weighted by molar-refractivity contribution is 6.99. The van der Waals surface area contributed by atoms with Crippen LogP contribution in [0.25, 0.3) is 38.6 Å². The summed E-state index contributed by atoms with van der Waals surface area (Å²) < 4.78 is 9.52. The average molecular weight is 794 g/mol. The topological polar surface area (TPSA) is 20.6 Å². The van der Waals surface area contributed by atoms with E-state index in [0.29, 0.717) is 0 Å². The first-order valence-corrected chi connectivity index (χ1v) is 21.5. The first kappa shape index (κ1) is 35.0. The lowest BCUT2D eigenvalue weighted by Crippen LogP contribution is -2.59. The van der Waals surface area contributed by atoms with Crippen molar-refractivity contribution in [2.45, 2.75) is 19.3 Å². The number of ether oxygens (including phenoxy) is 1. The second-order valence-electron chi connectivity index (χ2n) is 17.3. The smallest absolute Gasteiger partial charge is 0.256 e. The lowest BCUT2D eigenvalue weighted by Gasteiger charge is -2.40. The van der Waals surface area contributed by atoms with Crippen LogP contribution < -0.4 is 30.9 Å². The molecular weight excluding hydrogens is 753 g/mol. The van der Waals surface area contributed by atoms with Crippen molar-refractivity contribution in [2.24, 2.45) is 0 Å². The van der Waals surface area contributed by atoms with Crippen LogP contribution in [0.4, 0.5) is 34.1 Å². The van der Waals surface area contributed by atoms with Gasteiger partial charge in [0.25, 0.3) is 6.71 Å². The average Bonchev–Trinajstić information content (AvgIpc) is 3.75. The molecule has 13 rings (SSSR count). The zero-order valence-electron chi connectivity index (χ0n) is 34.5. The van der Waals surface area contributed by atoms with E-state index in [1.807, 2.05) is 0 Å². The number of hydrogen-bond donors (Lipinski definition) is 0. The third-order valence-electron chi connectivity index (χ3n) is 13.6. The Balaban J connectivity index is 1.03. The Kier molecular flexibility index (Phi) is 7.42. The number of rotatable bonds is 5. The number of aromatic nitrogens is 1. The van der Waals surface area contributed by atoms with Gasteiger partial charge in [0, 0.05) is 56.0 Å². The summed E-state index contributed by atoms with van der Waals surface area (Å²) >= 11 is 0. The lowest BCUT2D eigenvalue weighted by molar-refractivity contribution is 0.487. The molecule has 0 saturated heterocycles. The van der Waals surface area contributed by atoms with Gasteiger partial charge in [0.1, 0.15) is 11.5 Å². The maximum Gasteiger partial charge on any atom is 0.256 e. The first-order valence-electron chi connectivity index (χ1n) is 21.5. The minimum Gasteiger partial charge on any atom is -0.458 e. The van der Waals surface area contributed by atoms with Gasteiger partial charge >= 0.3 is 0 Å². The summed E-state index contributed by atoms with van der Waals surface area (Å²) in [6.07, 6.45) is 0. The number of benzene rings is 9. The normalized spacial score (nSPS) is 13.8. The predicted octanol–water partition coefficient (Wildman–Crippen LogP) is 13.0. The third kappa shape index (κ3) is 4.96. The van der Waals surface area contributed by atoms with Gasteiger partial charge in [0.2, 0.25) is 0 Å². The van der Waals surface area contributed by atoms with Gasteiger partial charge in [-0.15, -0.1) is 0 Å². The molecule has 62 heavy (non-hydrogen) atoms. The fraction of sp³-hybridized carbons (Fsp3) is 0.0526. The van der Waals surface area contributed by atoms with E-state index in [4.69, 9.17) is 4.74 Å². The Hall–Kier alpha value is -7.76. The molecule has 0 spiro atoms. The number of fused-ring (bicyclic) bond motifs is 10. The summed E-state index contributed by atoms with van der Waals surface area (Å²) in [5, 5.41) is 2.49. The molecule has 3 heterocycles. The lowest BCUT2D eigenvalue weighted by atomic mass is 9.34. The van der Waals surface area contributed by atoms with Gasteiger partial charge in [0.05, 0.1) is 11.0 Å². The number of nitrogens with zero attached hydrogens (tertiary/aromatic N) is 3. The highest BCUT2D eigenvalue weighted by Crippen LogP contribution is 2.53. The van der Waals surface area contributed by atoms with Gasteiger partial charge < -0.3 is 19.1 Å². The summed E-state index contributed by atoms with van der Waals surface area (Å²) in [4.78, 5) is 4.81. The van der Waals surface area contributed by atoms with Gasteiger partial charge in [0.15, 0.2) is 0 Å². The zero-order chi connectivity index (χ0) is 41.1. The van der Waals surface area contributed by atoms with Crippen LogP contribution in [0, 0.1) is 0 Å². The predicted molar refractivity (Wildman–Crippen MR) is 259 cm³/mol. The summed E-state index contributed by atoms with van der Waals surface area (Å²) in [6.45, 7) is 4.73. The Labute approximate surface area is 361 Å². The van der Waals surface area contributed by atoms with Crippen LogP contribution in [0.2, 0.25) is 0 Å². The largest absolute Gasteiger partial charge is 0.458 e. The molecule has 1 aromatic heterocycles.